The van der Waals surface area contributed by atoms with Gasteiger partial charge in [-0.2, -0.15) is 11.8 Å². The fourth-order valence-corrected chi connectivity index (χ4v) is 5.99. The normalized spacial score (nSPS) is 12.5. The molecule has 4 aromatic rings. The first kappa shape index (κ1) is 19.7. The summed E-state index contributed by atoms with van der Waals surface area (Å²) in [4.78, 5) is 18.9. The van der Waals surface area contributed by atoms with Crippen LogP contribution in [0.5, 0.6) is 0 Å². The molecule has 31 heavy (non-hydrogen) atoms. The molecule has 1 aromatic carbocycles. The number of benzene rings is 1. The molecule has 1 aliphatic rings. The van der Waals surface area contributed by atoms with Crippen molar-refractivity contribution >= 4 is 34.7 Å². The smallest absolute Gasteiger partial charge is 0.258 e. The van der Waals surface area contributed by atoms with Crippen LogP contribution in [-0.4, -0.2) is 21.2 Å². The van der Waals surface area contributed by atoms with Crippen LogP contribution in [0.15, 0.2) is 73.2 Å². The summed E-state index contributed by atoms with van der Waals surface area (Å²) in [5, 5.41) is 4.09. The van der Waals surface area contributed by atoms with Gasteiger partial charge in [0.1, 0.15) is 10.7 Å². The second kappa shape index (κ2) is 8.84. The third kappa shape index (κ3) is 4.29. The molecule has 0 radical (unpaired) electrons. The van der Waals surface area contributed by atoms with E-state index in [0.717, 1.165) is 45.4 Å². The highest BCUT2D eigenvalue weighted by Crippen LogP contribution is 2.38. The van der Waals surface area contributed by atoms with Crippen molar-refractivity contribution in [1.29, 1.82) is 0 Å². The summed E-state index contributed by atoms with van der Waals surface area (Å²) < 4.78 is 2.04. The van der Waals surface area contributed by atoms with Gasteiger partial charge in [-0.1, -0.05) is 18.1 Å². The Hall–Kier alpha value is -3.27. The number of nitrogens with zero attached hydrogens (tertiary/aromatic N) is 2. The molecule has 0 atom stereocenters. The fourth-order valence-electron chi connectivity index (χ4n) is 3.55. The topological polar surface area (TPSA) is 46.9 Å². The van der Waals surface area contributed by atoms with Gasteiger partial charge in [-0.25, -0.2) is 4.98 Å². The van der Waals surface area contributed by atoms with E-state index in [9.17, 15) is 4.79 Å². The van der Waals surface area contributed by atoms with E-state index in [2.05, 4.69) is 22.1 Å². The molecule has 0 unspecified atom stereocenters. The molecular formula is C25H19N3OS2. The Morgan fingerprint density at radius 1 is 1.06 bits per heavy atom. The molecule has 1 N–H and O–H groups in total. The van der Waals surface area contributed by atoms with Crippen molar-refractivity contribution in [3.05, 3.63) is 100 Å². The minimum atomic E-state index is -0.0667. The van der Waals surface area contributed by atoms with Crippen molar-refractivity contribution < 1.29 is 4.79 Å². The number of amides is 1. The molecule has 0 saturated carbocycles. The number of thioether (sulfide) groups is 1. The van der Waals surface area contributed by atoms with Gasteiger partial charge in [0.05, 0.1) is 5.56 Å². The highest BCUT2D eigenvalue weighted by Gasteiger charge is 2.26. The number of thiophene rings is 1. The third-order valence-electron chi connectivity index (χ3n) is 4.99. The lowest BCUT2D eigenvalue weighted by molar-refractivity contribution is 0.102. The maximum atomic E-state index is 13.4. The van der Waals surface area contributed by atoms with E-state index in [0.29, 0.717) is 0 Å². The summed E-state index contributed by atoms with van der Waals surface area (Å²) in [5.41, 5.74) is 4.27. The van der Waals surface area contributed by atoms with Crippen LogP contribution in [0.3, 0.4) is 0 Å². The fraction of sp³-hybridized carbons (Fsp3) is 0.120. The number of hydrogen-bond donors (Lipinski definition) is 1. The van der Waals surface area contributed by atoms with Gasteiger partial charge < -0.3 is 9.88 Å². The van der Waals surface area contributed by atoms with Gasteiger partial charge >= 0.3 is 0 Å². The lowest BCUT2D eigenvalue weighted by Crippen LogP contribution is -2.16. The molecule has 0 saturated heterocycles. The van der Waals surface area contributed by atoms with Crippen molar-refractivity contribution in [3.8, 4) is 16.8 Å². The van der Waals surface area contributed by atoms with Crippen molar-refractivity contribution in [1.82, 2.24) is 9.55 Å². The van der Waals surface area contributed by atoms with E-state index in [1.807, 2.05) is 83.3 Å². The van der Waals surface area contributed by atoms with Gasteiger partial charge in [-0.3, -0.25) is 4.79 Å². The molecule has 4 nitrogen and oxygen atoms in total. The predicted molar refractivity (Wildman–Crippen MR) is 128 cm³/mol. The second-order valence-corrected chi connectivity index (χ2v) is 9.27. The Bertz CT molecular complexity index is 1280. The van der Waals surface area contributed by atoms with Gasteiger partial charge in [0.25, 0.3) is 5.91 Å². The van der Waals surface area contributed by atoms with Crippen LogP contribution in [0.25, 0.3) is 5.00 Å². The zero-order valence-corrected chi connectivity index (χ0v) is 18.3. The highest BCUT2D eigenvalue weighted by atomic mass is 32.2. The first-order valence-electron chi connectivity index (χ1n) is 9.98. The van der Waals surface area contributed by atoms with Crippen LogP contribution in [0.4, 0.5) is 5.69 Å². The summed E-state index contributed by atoms with van der Waals surface area (Å²) in [6.07, 6.45) is 6.64. The lowest BCUT2D eigenvalue weighted by Gasteiger charge is -2.13. The molecule has 1 amide bonds. The van der Waals surface area contributed by atoms with E-state index in [-0.39, 0.29) is 5.91 Å². The minimum absolute atomic E-state index is 0.0667. The maximum Gasteiger partial charge on any atom is 0.258 e. The summed E-state index contributed by atoms with van der Waals surface area (Å²) in [7, 11) is 0. The zero-order valence-electron chi connectivity index (χ0n) is 16.7. The quantitative estimate of drug-likeness (QED) is 0.435. The Morgan fingerprint density at radius 2 is 1.97 bits per heavy atom. The number of carbonyl (C=O) groups excluding carboxylic acids is 1. The molecule has 0 fully saturated rings. The molecule has 1 aliphatic heterocycles. The number of hydrogen-bond acceptors (Lipinski definition) is 4. The summed E-state index contributed by atoms with van der Waals surface area (Å²) in [5.74, 6) is 8.14. The van der Waals surface area contributed by atoms with Crippen LogP contribution in [0.1, 0.15) is 32.1 Å². The van der Waals surface area contributed by atoms with Gasteiger partial charge in [0.15, 0.2) is 0 Å². The van der Waals surface area contributed by atoms with Crippen LogP contribution in [-0.2, 0) is 12.2 Å². The highest BCUT2D eigenvalue weighted by molar-refractivity contribution is 7.98. The van der Waals surface area contributed by atoms with Crippen LogP contribution < -0.4 is 5.32 Å². The average molecular weight is 442 g/mol. The van der Waals surface area contributed by atoms with Crippen LogP contribution in [0, 0.1) is 11.8 Å². The number of carbonyl (C=O) groups is 1. The molecule has 152 valence electrons. The Morgan fingerprint density at radius 3 is 2.81 bits per heavy atom. The van der Waals surface area contributed by atoms with Gasteiger partial charge in [0.2, 0.25) is 0 Å². The minimum Gasteiger partial charge on any atom is -0.322 e. The number of aromatic nitrogens is 2. The number of nitrogens with one attached hydrogen (secondary N) is 1. The molecular weight excluding hydrogens is 422 g/mol. The summed E-state index contributed by atoms with van der Waals surface area (Å²) >= 11 is 3.65. The van der Waals surface area contributed by atoms with E-state index in [1.165, 1.54) is 10.4 Å². The number of anilines is 1. The van der Waals surface area contributed by atoms with Crippen LogP contribution >= 0.6 is 23.1 Å². The molecule has 4 heterocycles. The Labute approximate surface area is 189 Å². The van der Waals surface area contributed by atoms with Crippen molar-refractivity contribution in [2.24, 2.45) is 0 Å². The Kier molecular flexibility index (Phi) is 5.61. The standard InChI is InChI=1S/C25H19N3OS2/c29-24(23-21-11-15-30-17-22(21)31-25(23)28-13-3-4-14-28)27-20-8-5-6-18(16-20)9-10-19-7-1-2-12-26-19/h1-8,12-14,16H,11,15,17H2,(H,27,29). The first-order chi connectivity index (χ1) is 15.3. The summed E-state index contributed by atoms with van der Waals surface area (Å²) in [6, 6.07) is 17.3. The predicted octanol–water partition coefficient (Wildman–Crippen LogP) is 5.38. The number of fused-ring (bicyclic) bond motifs is 1. The lowest BCUT2D eigenvalue weighted by atomic mass is 10.1. The zero-order chi connectivity index (χ0) is 21.0. The molecule has 6 heteroatoms. The molecule has 5 rings (SSSR count). The van der Waals surface area contributed by atoms with E-state index in [4.69, 9.17) is 0 Å². The van der Waals surface area contributed by atoms with Crippen molar-refractivity contribution in [3.63, 3.8) is 0 Å². The van der Waals surface area contributed by atoms with Crippen molar-refractivity contribution in [2.75, 3.05) is 11.1 Å². The van der Waals surface area contributed by atoms with Crippen LogP contribution in [0.2, 0.25) is 0 Å². The second-order valence-electron chi connectivity index (χ2n) is 7.08. The monoisotopic (exact) mass is 441 g/mol. The Balaban J connectivity index is 1.44. The third-order valence-corrected chi connectivity index (χ3v) is 7.40. The van der Waals surface area contributed by atoms with Gasteiger partial charge in [-0.05, 0) is 66.1 Å². The maximum absolute atomic E-state index is 13.4. The molecule has 0 bridgehead atoms. The van der Waals surface area contributed by atoms with E-state index < -0.39 is 0 Å². The average Bonchev–Trinajstić information content (AvgIpc) is 3.46. The number of pyridine rings is 1. The van der Waals surface area contributed by atoms with E-state index in [1.54, 1.807) is 17.5 Å². The van der Waals surface area contributed by atoms with E-state index >= 15 is 0 Å². The number of rotatable bonds is 3. The van der Waals surface area contributed by atoms with Crippen molar-refractivity contribution in [2.45, 2.75) is 12.2 Å². The van der Waals surface area contributed by atoms with Gasteiger partial charge in [0, 0.05) is 40.5 Å². The SMILES string of the molecule is O=C(Nc1cccc(C#Cc2ccccn2)c1)c1c(-n2cccc2)sc2c1CCSC2. The van der Waals surface area contributed by atoms with Gasteiger partial charge in [-0.15, -0.1) is 11.3 Å². The largest absolute Gasteiger partial charge is 0.322 e. The first-order valence-corrected chi connectivity index (χ1v) is 11.9. The molecule has 0 spiro atoms. The molecule has 0 aliphatic carbocycles. The summed E-state index contributed by atoms with van der Waals surface area (Å²) in [6.45, 7) is 0. The molecule has 3 aromatic heterocycles.